The Bertz CT molecular complexity index is 343. The van der Waals surface area contributed by atoms with Gasteiger partial charge in [0.15, 0.2) is 0 Å². The molecule has 0 aromatic rings. The molecule has 0 rings (SSSR count). The van der Waals surface area contributed by atoms with Gasteiger partial charge in [0.1, 0.15) is 3.53 Å². The van der Waals surface area contributed by atoms with E-state index in [2.05, 4.69) is 4.89 Å². The molecular formula is C13H24O4S3. The highest BCUT2D eigenvalue weighted by Gasteiger charge is 2.30. The molecule has 0 saturated carbocycles. The van der Waals surface area contributed by atoms with E-state index in [1.54, 1.807) is 0 Å². The van der Waals surface area contributed by atoms with Crippen molar-refractivity contribution in [3.05, 3.63) is 0 Å². The van der Waals surface area contributed by atoms with Crippen LogP contribution in [0.1, 0.15) is 34.6 Å². The molecule has 0 fully saturated rings. The Hall–Kier alpha value is 0.180. The molecule has 1 unspecified atom stereocenters. The van der Waals surface area contributed by atoms with Gasteiger partial charge in [0.25, 0.3) is 0 Å². The van der Waals surface area contributed by atoms with Crippen molar-refractivity contribution < 1.29 is 19.7 Å². The lowest BCUT2D eigenvalue weighted by Crippen LogP contribution is -2.31. The lowest BCUT2D eigenvalue weighted by Gasteiger charge is -2.29. The Morgan fingerprint density at radius 2 is 1.75 bits per heavy atom. The van der Waals surface area contributed by atoms with E-state index in [1.807, 2.05) is 34.6 Å². The summed E-state index contributed by atoms with van der Waals surface area (Å²) in [6.07, 6.45) is -0.269. The molecule has 0 aromatic carbocycles. The van der Waals surface area contributed by atoms with Crippen LogP contribution in [-0.4, -0.2) is 39.5 Å². The molecule has 0 radical (unpaired) electrons. The van der Waals surface area contributed by atoms with Crippen molar-refractivity contribution in [1.82, 2.24) is 0 Å². The highest BCUT2D eigenvalue weighted by molar-refractivity contribution is 8.47. The van der Waals surface area contributed by atoms with Crippen molar-refractivity contribution in [3.63, 3.8) is 0 Å². The molecule has 4 nitrogen and oxygen atoms in total. The molecule has 7 heteroatoms. The normalized spacial score (nSPS) is 13.9. The monoisotopic (exact) mass is 340 g/mol. The van der Waals surface area contributed by atoms with Crippen LogP contribution in [0.25, 0.3) is 0 Å². The molecule has 1 N–H and O–H groups in total. The predicted octanol–water partition coefficient (Wildman–Crippen LogP) is 3.84. The van der Waals surface area contributed by atoms with E-state index in [-0.39, 0.29) is 17.5 Å². The SMILES string of the molecule is COC(=O)C(C)(C)CSC(=S)SCC(C)(C)C(C)OO. The van der Waals surface area contributed by atoms with Crippen molar-refractivity contribution in [2.24, 2.45) is 10.8 Å². The minimum atomic E-state index is -0.555. The van der Waals surface area contributed by atoms with Crippen LogP contribution < -0.4 is 0 Å². The van der Waals surface area contributed by atoms with E-state index in [4.69, 9.17) is 22.2 Å². The highest BCUT2D eigenvalue weighted by atomic mass is 32.2. The number of thiocarbonyl (C=S) groups is 1. The summed E-state index contributed by atoms with van der Waals surface area (Å²) in [5.41, 5.74) is -0.747. The zero-order valence-corrected chi connectivity index (χ0v) is 15.3. The lowest BCUT2D eigenvalue weighted by atomic mass is 9.90. The maximum atomic E-state index is 11.6. The van der Waals surface area contributed by atoms with E-state index in [9.17, 15) is 4.79 Å². The molecule has 118 valence electrons. The average molecular weight is 341 g/mol. The fourth-order valence-corrected chi connectivity index (χ4v) is 3.48. The van der Waals surface area contributed by atoms with Crippen LogP contribution in [0.5, 0.6) is 0 Å². The van der Waals surface area contributed by atoms with Gasteiger partial charge in [0.05, 0.1) is 18.6 Å². The first-order valence-corrected chi connectivity index (χ1v) is 8.63. The summed E-state index contributed by atoms with van der Waals surface area (Å²) >= 11 is 8.32. The van der Waals surface area contributed by atoms with Crippen LogP contribution in [0, 0.1) is 10.8 Å². The molecule has 0 aliphatic rings. The standard InChI is InChI=1S/C13H24O4S3/c1-9(17-15)12(2,3)7-19-11(18)20-8-13(4,5)10(14)16-6/h9,15H,7-8H2,1-6H3. The zero-order chi connectivity index (χ0) is 16.0. The van der Waals surface area contributed by atoms with Gasteiger partial charge >= 0.3 is 5.97 Å². The molecule has 0 heterocycles. The van der Waals surface area contributed by atoms with Crippen molar-refractivity contribution in [1.29, 1.82) is 0 Å². The number of ether oxygens (including phenoxy) is 1. The number of hydrogen-bond donors (Lipinski definition) is 1. The molecule has 0 aliphatic carbocycles. The fourth-order valence-electron chi connectivity index (χ4n) is 1.12. The number of thioether (sulfide) groups is 2. The quantitative estimate of drug-likeness (QED) is 0.327. The summed E-state index contributed by atoms with van der Waals surface area (Å²) in [5, 5.41) is 8.74. The number of hydrogen-bond acceptors (Lipinski definition) is 7. The van der Waals surface area contributed by atoms with Gasteiger partial charge in [0.2, 0.25) is 0 Å². The van der Waals surface area contributed by atoms with Crippen molar-refractivity contribution in [2.45, 2.75) is 40.7 Å². The van der Waals surface area contributed by atoms with Crippen LogP contribution in [0.2, 0.25) is 0 Å². The molecule has 0 aliphatic heterocycles. The van der Waals surface area contributed by atoms with E-state index < -0.39 is 5.41 Å². The maximum absolute atomic E-state index is 11.6. The number of esters is 1. The maximum Gasteiger partial charge on any atom is 0.312 e. The Morgan fingerprint density at radius 3 is 2.20 bits per heavy atom. The summed E-state index contributed by atoms with van der Waals surface area (Å²) < 4.78 is 5.54. The predicted molar refractivity (Wildman–Crippen MR) is 90.3 cm³/mol. The Kier molecular flexibility index (Phi) is 8.66. The molecule has 0 bridgehead atoms. The van der Waals surface area contributed by atoms with Crippen molar-refractivity contribution >= 4 is 45.2 Å². The van der Waals surface area contributed by atoms with Crippen LogP contribution in [0.4, 0.5) is 0 Å². The summed E-state index contributed by atoms with van der Waals surface area (Å²) in [7, 11) is 1.39. The average Bonchev–Trinajstić information content (AvgIpc) is 2.40. The molecule has 0 spiro atoms. The van der Waals surface area contributed by atoms with Crippen LogP contribution in [-0.2, 0) is 14.4 Å². The highest BCUT2D eigenvalue weighted by Crippen LogP contribution is 2.33. The van der Waals surface area contributed by atoms with E-state index in [0.717, 1.165) is 9.28 Å². The minimum Gasteiger partial charge on any atom is -0.469 e. The number of rotatable bonds is 7. The third-order valence-electron chi connectivity index (χ3n) is 3.11. The van der Waals surface area contributed by atoms with Crippen LogP contribution >= 0.6 is 35.7 Å². The zero-order valence-electron chi connectivity index (χ0n) is 12.9. The van der Waals surface area contributed by atoms with E-state index >= 15 is 0 Å². The Labute approximate surface area is 135 Å². The number of carbonyl (C=O) groups excluding carboxylic acids is 1. The van der Waals surface area contributed by atoms with Crippen molar-refractivity contribution in [2.75, 3.05) is 18.6 Å². The summed E-state index contributed by atoms with van der Waals surface area (Å²) in [5.74, 6) is 1.08. The Morgan fingerprint density at radius 1 is 1.25 bits per heavy atom. The van der Waals surface area contributed by atoms with Gasteiger partial charge in [-0.2, -0.15) is 0 Å². The fraction of sp³-hybridized carbons (Fsp3) is 0.846. The topological polar surface area (TPSA) is 55.8 Å². The largest absolute Gasteiger partial charge is 0.469 e. The molecule has 0 amide bonds. The first kappa shape index (κ1) is 20.2. The summed E-state index contributed by atoms with van der Waals surface area (Å²) in [6, 6.07) is 0. The summed E-state index contributed by atoms with van der Waals surface area (Å²) in [4.78, 5) is 15.9. The van der Waals surface area contributed by atoms with Gasteiger partial charge in [0, 0.05) is 16.9 Å². The second-order valence-electron chi connectivity index (χ2n) is 5.94. The third-order valence-corrected chi connectivity index (χ3v) is 6.75. The number of methoxy groups -OCH3 is 1. The van der Waals surface area contributed by atoms with Gasteiger partial charge in [-0.25, -0.2) is 4.89 Å². The van der Waals surface area contributed by atoms with Crippen LogP contribution in [0.15, 0.2) is 0 Å². The minimum absolute atomic E-state index is 0.193. The smallest absolute Gasteiger partial charge is 0.312 e. The van der Waals surface area contributed by atoms with Gasteiger partial charge in [-0.1, -0.05) is 26.1 Å². The van der Waals surface area contributed by atoms with Gasteiger partial charge in [-0.15, -0.1) is 23.5 Å². The summed E-state index contributed by atoms with van der Waals surface area (Å²) in [6.45, 7) is 9.51. The first-order valence-electron chi connectivity index (χ1n) is 6.25. The third kappa shape index (κ3) is 6.76. The number of carbonyl (C=O) groups is 1. The van der Waals surface area contributed by atoms with E-state index in [0.29, 0.717) is 5.75 Å². The van der Waals surface area contributed by atoms with Gasteiger partial charge < -0.3 is 4.74 Å². The molecule has 0 saturated heterocycles. The molecule has 1 atom stereocenters. The van der Waals surface area contributed by atoms with Gasteiger partial charge in [-0.05, 0) is 20.8 Å². The second kappa shape index (κ2) is 8.58. The van der Waals surface area contributed by atoms with E-state index in [1.165, 1.54) is 30.6 Å². The van der Waals surface area contributed by atoms with Gasteiger partial charge in [-0.3, -0.25) is 10.1 Å². The first-order chi connectivity index (χ1) is 9.06. The molecule has 0 aromatic heterocycles. The van der Waals surface area contributed by atoms with Crippen LogP contribution in [0.3, 0.4) is 0 Å². The second-order valence-corrected chi connectivity index (χ2v) is 9.09. The Balaban J connectivity index is 4.23. The molecule has 20 heavy (non-hydrogen) atoms. The lowest BCUT2D eigenvalue weighted by molar-refractivity contribution is -0.293. The molecular weight excluding hydrogens is 316 g/mol. The van der Waals surface area contributed by atoms with Crippen molar-refractivity contribution in [3.8, 4) is 0 Å².